The number of allylic oxidation sites excluding steroid dienone is 1. The highest BCUT2D eigenvalue weighted by Crippen LogP contribution is 2.13. The van der Waals surface area contributed by atoms with Crippen LogP contribution in [-0.4, -0.2) is 6.04 Å². The number of nitrogens with one attached hydrogen (secondary N) is 1. The summed E-state index contributed by atoms with van der Waals surface area (Å²) >= 11 is 0. The van der Waals surface area contributed by atoms with Crippen LogP contribution >= 0.6 is 0 Å². The Morgan fingerprint density at radius 3 is 1.74 bits per heavy atom. The van der Waals surface area contributed by atoms with Crippen LogP contribution in [0.15, 0.2) is 12.3 Å². The van der Waals surface area contributed by atoms with Gasteiger partial charge in [0.05, 0.1) is 0 Å². The van der Waals surface area contributed by atoms with Gasteiger partial charge in [-0.05, 0) is 32.6 Å². The highest BCUT2D eigenvalue weighted by Gasteiger charge is 1.98. The fraction of sp³-hybridized carbons (Fsp3) is 0.889. The molecule has 0 atom stereocenters. The third-order valence-corrected chi connectivity index (χ3v) is 3.50. The molecule has 0 bridgehead atoms. The first-order valence-corrected chi connectivity index (χ1v) is 8.46. The Kier molecular flexibility index (Phi) is 12.3. The average Bonchev–Trinajstić information content (AvgIpc) is 2.30. The highest BCUT2D eigenvalue weighted by atomic mass is 14.9. The Balaban J connectivity index is 3.13. The van der Waals surface area contributed by atoms with Crippen molar-refractivity contribution in [2.45, 2.75) is 97.9 Å². The summed E-state index contributed by atoms with van der Waals surface area (Å²) < 4.78 is 0. The van der Waals surface area contributed by atoms with E-state index in [9.17, 15) is 0 Å². The van der Waals surface area contributed by atoms with E-state index < -0.39 is 0 Å². The quantitative estimate of drug-likeness (QED) is 0.400. The SMILES string of the molecule is C=C(CCCCCCCCCCC(C)C)NC(C)C. The molecule has 0 saturated carbocycles. The number of hydrogen-bond donors (Lipinski definition) is 1. The van der Waals surface area contributed by atoms with Crippen LogP contribution in [0.2, 0.25) is 0 Å². The summed E-state index contributed by atoms with van der Waals surface area (Å²) in [6.45, 7) is 13.1. The van der Waals surface area contributed by atoms with Gasteiger partial charge in [0.2, 0.25) is 0 Å². The summed E-state index contributed by atoms with van der Waals surface area (Å²) in [5.41, 5.74) is 1.21. The molecule has 1 N–H and O–H groups in total. The van der Waals surface area contributed by atoms with Gasteiger partial charge in [-0.3, -0.25) is 0 Å². The fourth-order valence-electron chi connectivity index (χ4n) is 2.43. The summed E-state index contributed by atoms with van der Waals surface area (Å²) in [7, 11) is 0. The first-order valence-electron chi connectivity index (χ1n) is 8.46. The predicted octanol–water partition coefficient (Wildman–Crippen LogP) is 6.06. The van der Waals surface area contributed by atoms with Crippen molar-refractivity contribution in [1.82, 2.24) is 5.32 Å². The van der Waals surface area contributed by atoms with E-state index in [2.05, 4.69) is 39.6 Å². The second-order valence-corrected chi connectivity index (χ2v) is 6.66. The molecular formula is C18H37N. The smallest absolute Gasteiger partial charge is 0.0201 e. The van der Waals surface area contributed by atoms with Gasteiger partial charge in [0.1, 0.15) is 0 Å². The molecule has 0 aromatic heterocycles. The summed E-state index contributed by atoms with van der Waals surface area (Å²) in [4.78, 5) is 0. The molecule has 0 radical (unpaired) electrons. The molecule has 0 aromatic rings. The van der Waals surface area contributed by atoms with E-state index in [1.165, 1.54) is 63.5 Å². The lowest BCUT2D eigenvalue weighted by Crippen LogP contribution is -2.21. The summed E-state index contributed by atoms with van der Waals surface area (Å²) in [6.07, 6.45) is 13.8. The maximum absolute atomic E-state index is 4.07. The summed E-state index contributed by atoms with van der Waals surface area (Å²) in [6, 6.07) is 0.526. The largest absolute Gasteiger partial charge is 0.387 e. The topological polar surface area (TPSA) is 12.0 Å². The monoisotopic (exact) mass is 267 g/mol. The second-order valence-electron chi connectivity index (χ2n) is 6.66. The maximum Gasteiger partial charge on any atom is 0.0201 e. The van der Waals surface area contributed by atoms with E-state index in [4.69, 9.17) is 0 Å². The minimum atomic E-state index is 0.526. The van der Waals surface area contributed by atoms with Crippen LogP contribution in [0.3, 0.4) is 0 Å². The lowest BCUT2D eigenvalue weighted by atomic mass is 10.0. The molecule has 19 heavy (non-hydrogen) atoms. The molecule has 0 aromatic carbocycles. The Morgan fingerprint density at radius 1 is 0.789 bits per heavy atom. The van der Waals surface area contributed by atoms with Gasteiger partial charge in [-0.1, -0.05) is 71.8 Å². The predicted molar refractivity (Wildman–Crippen MR) is 88.4 cm³/mol. The van der Waals surface area contributed by atoms with Crippen LogP contribution < -0.4 is 5.32 Å². The molecule has 0 aliphatic heterocycles. The van der Waals surface area contributed by atoms with Gasteiger partial charge < -0.3 is 5.32 Å². The van der Waals surface area contributed by atoms with Gasteiger partial charge in [-0.15, -0.1) is 0 Å². The van der Waals surface area contributed by atoms with Crippen molar-refractivity contribution >= 4 is 0 Å². The molecule has 0 rings (SSSR count). The zero-order chi connectivity index (χ0) is 14.5. The Bertz CT molecular complexity index is 206. The number of rotatable bonds is 13. The number of unbranched alkanes of at least 4 members (excludes halogenated alkanes) is 7. The fourth-order valence-corrected chi connectivity index (χ4v) is 2.43. The van der Waals surface area contributed by atoms with Gasteiger partial charge >= 0.3 is 0 Å². The van der Waals surface area contributed by atoms with Gasteiger partial charge in [0.15, 0.2) is 0 Å². The standard InChI is InChI=1S/C18H37N/c1-16(2)14-12-10-8-6-7-9-11-13-15-18(5)19-17(3)4/h16-17,19H,5-15H2,1-4H3. The first kappa shape index (κ1) is 18.5. The van der Waals surface area contributed by atoms with Crippen LogP contribution in [0.25, 0.3) is 0 Å². The van der Waals surface area contributed by atoms with Crippen molar-refractivity contribution in [2.24, 2.45) is 5.92 Å². The lowest BCUT2D eigenvalue weighted by Gasteiger charge is -2.12. The lowest BCUT2D eigenvalue weighted by molar-refractivity contribution is 0.506. The minimum Gasteiger partial charge on any atom is -0.387 e. The molecule has 0 spiro atoms. The van der Waals surface area contributed by atoms with Crippen LogP contribution in [0.1, 0.15) is 91.9 Å². The van der Waals surface area contributed by atoms with E-state index >= 15 is 0 Å². The molecule has 1 heteroatoms. The molecule has 0 fully saturated rings. The van der Waals surface area contributed by atoms with Crippen molar-refractivity contribution in [3.63, 3.8) is 0 Å². The summed E-state index contributed by atoms with van der Waals surface area (Å²) in [5, 5.41) is 3.38. The Hall–Kier alpha value is -0.460. The molecule has 0 aliphatic carbocycles. The molecular weight excluding hydrogens is 230 g/mol. The van der Waals surface area contributed by atoms with Crippen LogP contribution in [0, 0.1) is 5.92 Å². The third-order valence-electron chi connectivity index (χ3n) is 3.50. The van der Waals surface area contributed by atoms with Crippen molar-refractivity contribution in [3.8, 4) is 0 Å². The van der Waals surface area contributed by atoms with Gasteiger partial charge in [-0.2, -0.15) is 0 Å². The van der Waals surface area contributed by atoms with Crippen LogP contribution in [-0.2, 0) is 0 Å². The maximum atomic E-state index is 4.07. The average molecular weight is 268 g/mol. The van der Waals surface area contributed by atoms with Gasteiger partial charge in [-0.25, -0.2) is 0 Å². The molecule has 114 valence electrons. The summed E-state index contributed by atoms with van der Waals surface area (Å²) in [5.74, 6) is 0.882. The first-order chi connectivity index (χ1) is 9.02. The molecule has 0 aliphatic rings. The van der Waals surface area contributed by atoms with Gasteiger partial charge in [0.25, 0.3) is 0 Å². The normalized spacial score (nSPS) is 11.3. The molecule has 0 heterocycles. The molecule has 0 unspecified atom stereocenters. The van der Waals surface area contributed by atoms with Crippen LogP contribution in [0.4, 0.5) is 0 Å². The van der Waals surface area contributed by atoms with E-state index in [0.717, 1.165) is 12.3 Å². The van der Waals surface area contributed by atoms with E-state index in [-0.39, 0.29) is 0 Å². The molecule has 0 amide bonds. The zero-order valence-electron chi connectivity index (χ0n) is 13.9. The van der Waals surface area contributed by atoms with Crippen molar-refractivity contribution in [3.05, 3.63) is 12.3 Å². The van der Waals surface area contributed by atoms with Crippen LogP contribution in [0.5, 0.6) is 0 Å². The molecule has 1 nitrogen and oxygen atoms in total. The minimum absolute atomic E-state index is 0.526. The Labute approximate surface area is 122 Å². The van der Waals surface area contributed by atoms with Gasteiger partial charge in [0, 0.05) is 11.7 Å². The van der Waals surface area contributed by atoms with E-state index in [0.29, 0.717) is 6.04 Å². The van der Waals surface area contributed by atoms with E-state index in [1.54, 1.807) is 0 Å². The Morgan fingerprint density at radius 2 is 1.26 bits per heavy atom. The second kappa shape index (κ2) is 12.6. The number of hydrogen-bond acceptors (Lipinski definition) is 1. The van der Waals surface area contributed by atoms with Crippen molar-refractivity contribution < 1.29 is 0 Å². The third kappa shape index (κ3) is 15.5. The molecule has 0 saturated heterocycles. The highest BCUT2D eigenvalue weighted by molar-refractivity contribution is 4.91. The van der Waals surface area contributed by atoms with Crippen molar-refractivity contribution in [1.29, 1.82) is 0 Å². The van der Waals surface area contributed by atoms with E-state index in [1.807, 2.05) is 0 Å². The zero-order valence-corrected chi connectivity index (χ0v) is 13.9. The van der Waals surface area contributed by atoms with Crippen molar-refractivity contribution in [2.75, 3.05) is 0 Å².